The predicted octanol–water partition coefficient (Wildman–Crippen LogP) is 4.53. The average molecular weight is 345 g/mol. The van der Waals surface area contributed by atoms with Gasteiger partial charge in [-0.3, -0.25) is 9.55 Å². The molecule has 1 aliphatic rings. The zero-order valence-corrected chi connectivity index (χ0v) is 14.1. The lowest BCUT2D eigenvalue weighted by molar-refractivity contribution is 0.0708. The van der Waals surface area contributed by atoms with Crippen LogP contribution in [0.2, 0.25) is 0 Å². The Hall–Kier alpha value is -2.34. The largest absolute Gasteiger partial charge is 0.319 e. The van der Waals surface area contributed by atoms with Crippen molar-refractivity contribution in [3.8, 4) is 11.1 Å². The molecule has 0 aliphatic carbocycles. The van der Waals surface area contributed by atoms with E-state index in [0.29, 0.717) is 41.0 Å². The number of hydrogen-bond acceptors (Lipinski definition) is 2. The number of alkyl halides is 2. The molecule has 1 aliphatic heterocycles. The minimum atomic E-state index is -2.60. The minimum absolute atomic E-state index is 0.319. The number of hydrogen-bond donors (Lipinski definition) is 0. The van der Waals surface area contributed by atoms with Crippen LogP contribution in [0.4, 0.5) is 13.2 Å². The second-order valence-electron chi connectivity index (χ2n) is 6.58. The molecule has 0 bridgehead atoms. The van der Waals surface area contributed by atoms with E-state index in [4.69, 9.17) is 0 Å². The van der Waals surface area contributed by atoms with Crippen molar-refractivity contribution in [2.75, 3.05) is 13.6 Å². The van der Waals surface area contributed by atoms with E-state index in [0.717, 1.165) is 22.1 Å². The lowest BCUT2D eigenvalue weighted by atomic mass is 10.0. The summed E-state index contributed by atoms with van der Waals surface area (Å²) >= 11 is 0. The maximum absolute atomic E-state index is 13.8. The number of aryl methyl sites for hydroxylation is 1. The van der Waals surface area contributed by atoms with E-state index >= 15 is 0 Å². The van der Waals surface area contributed by atoms with E-state index in [1.807, 2.05) is 19.2 Å². The summed E-state index contributed by atoms with van der Waals surface area (Å²) in [4.78, 5) is 6.16. The molecule has 1 aromatic carbocycles. The first kappa shape index (κ1) is 16.1. The van der Waals surface area contributed by atoms with Gasteiger partial charge in [0.2, 0.25) is 0 Å². The normalized spacial score (nSPS) is 15.1. The molecule has 6 heteroatoms. The Kier molecular flexibility index (Phi) is 3.80. The summed E-state index contributed by atoms with van der Waals surface area (Å²) in [5, 5.41) is 0.839. The van der Waals surface area contributed by atoms with Crippen LogP contribution in [0.25, 0.3) is 22.0 Å². The number of benzene rings is 1. The van der Waals surface area contributed by atoms with Crippen molar-refractivity contribution < 1.29 is 13.2 Å². The molecule has 0 N–H and O–H groups in total. The molecule has 2 aromatic heterocycles. The Labute approximate surface area is 143 Å². The van der Waals surface area contributed by atoms with Gasteiger partial charge in [-0.1, -0.05) is 12.1 Å². The molecule has 25 heavy (non-hydrogen) atoms. The zero-order valence-electron chi connectivity index (χ0n) is 14.1. The molecule has 3 nitrogen and oxygen atoms in total. The molecule has 0 radical (unpaired) electrons. The second kappa shape index (κ2) is 5.88. The first-order valence-electron chi connectivity index (χ1n) is 8.20. The quantitative estimate of drug-likeness (QED) is 0.680. The Morgan fingerprint density at radius 2 is 1.96 bits per heavy atom. The summed E-state index contributed by atoms with van der Waals surface area (Å²) in [7, 11) is 1.99. The van der Waals surface area contributed by atoms with Crippen molar-refractivity contribution in [1.29, 1.82) is 0 Å². The first-order chi connectivity index (χ1) is 12.0. The van der Waals surface area contributed by atoms with Crippen LogP contribution in [0.3, 0.4) is 0 Å². The summed E-state index contributed by atoms with van der Waals surface area (Å²) in [5.41, 5.74) is 3.75. The molecule has 0 saturated carbocycles. The highest BCUT2D eigenvalue weighted by molar-refractivity contribution is 5.89. The van der Waals surface area contributed by atoms with Gasteiger partial charge in [-0.2, -0.15) is 8.78 Å². The third-order valence-corrected chi connectivity index (χ3v) is 4.93. The predicted molar refractivity (Wildman–Crippen MR) is 91.2 cm³/mol. The van der Waals surface area contributed by atoms with Gasteiger partial charge in [0.25, 0.3) is 0 Å². The molecule has 0 atom stereocenters. The third-order valence-electron chi connectivity index (χ3n) is 4.93. The van der Waals surface area contributed by atoms with Crippen molar-refractivity contribution in [3.05, 3.63) is 53.2 Å². The summed E-state index contributed by atoms with van der Waals surface area (Å²) in [6.07, 6.45) is 2.17. The molecule has 4 rings (SSSR count). The number of aromatic nitrogens is 2. The van der Waals surface area contributed by atoms with Crippen LogP contribution in [0.5, 0.6) is 0 Å². The van der Waals surface area contributed by atoms with Crippen LogP contribution in [-0.4, -0.2) is 28.0 Å². The van der Waals surface area contributed by atoms with Crippen LogP contribution in [-0.2, 0) is 13.0 Å². The number of nitrogens with zero attached hydrogens (tertiary/aromatic N) is 3. The summed E-state index contributed by atoms with van der Waals surface area (Å²) < 4.78 is 42.4. The number of halogens is 3. The molecule has 130 valence electrons. The van der Waals surface area contributed by atoms with Gasteiger partial charge in [-0.05, 0) is 37.2 Å². The van der Waals surface area contributed by atoms with E-state index in [2.05, 4.69) is 9.88 Å². The number of pyridine rings is 1. The minimum Gasteiger partial charge on any atom is -0.302 e. The highest BCUT2D eigenvalue weighted by Crippen LogP contribution is 2.36. The van der Waals surface area contributed by atoms with Gasteiger partial charge in [-0.25, -0.2) is 4.39 Å². The number of rotatable bonds is 2. The topological polar surface area (TPSA) is 21.1 Å². The standard InChI is InChI=1S/C19H18F3N3/c1-11-16(20)7-13(9-23-11)12-3-4-14-15-10-24(2)6-5-17(15)25(19(21)22)18(14)8-12/h3-4,7-9,19H,5-6,10H2,1-2H3. The highest BCUT2D eigenvalue weighted by Gasteiger charge is 2.26. The van der Waals surface area contributed by atoms with Gasteiger partial charge >= 0.3 is 6.55 Å². The molecule has 0 spiro atoms. The number of fused-ring (bicyclic) bond motifs is 3. The molecule has 0 amide bonds. The second-order valence-corrected chi connectivity index (χ2v) is 6.58. The fourth-order valence-corrected chi connectivity index (χ4v) is 3.59. The summed E-state index contributed by atoms with van der Waals surface area (Å²) in [6.45, 7) is 0.411. The molecule has 0 fully saturated rings. The Balaban J connectivity index is 1.93. The fraction of sp³-hybridized carbons (Fsp3) is 0.316. The molecule has 0 unspecified atom stereocenters. The molecular weight excluding hydrogens is 327 g/mol. The van der Waals surface area contributed by atoms with E-state index in [1.54, 1.807) is 19.2 Å². The first-order valence-corrected chi connectivity index (χ1v) is 8.20. The maximum atomic E-state index is 13.8. The smallest absolute Gasteiger partial charge is 0.302 e. The van der Waals surface area contributed by atoms with Crippen molar-refractivity contribution in [3.63, 3.8) is 0 Å². The monoisotopic (exact) mass is 345 g/mol. The zero-order chi connectivity index (χ0) is 17.7. The van der Waals surface area contributed by atoms with Gasteiger partial charge in [0.15, 0.2) is 0 Å². The Morgan fingerprint density at radius 3 is 2.68 bits per heavy atom. The van der Waals surface area contributed by atoms with Crippen LogP contribution in [0.1, 0.15) is 23.5 Å². The number of likely N-dealkylation sites (N-methyl/N-ethyl adjacent to an activating group) is 1. The maximum Gasteiger partial charge on any atom is 0.319 e. The molecule has 3 heterocycles. The van der Waals surface area contributed by atoms with Crippen molar-refractivity contribution in [2.45, 2.75) is 26.4 Å². The van der Waals surface area contributed by atoms with Crippen LogP contribution >= 0.6 is 0 Å². The van der Waals surface area contributed by atoms with E-state index < -0.39 is 12.4 Å². The molecular formula is C19H18F3N3. The summed E-state index contributed by atoms with van der Waals surface area (Å²) in [6, 6.07) is 6.82. The van der Waals surface area contributed by atoms with Crippen molar-refractivity contribution in [2.24, 2.45) is 0 Å². The van der Waals surface area contributed by atoms with Crippen molar-refractivity contribution in [1.82, 2.24) is 14.5 Å². The fourth-order valence-electron chi connectivity index (χ4n) is 3.59. The van der Waals surface area contributed by atoms with Crippen LogP contribution in [0.15, 0.2) is 30.5 Å². The van der Waals surface area contributed by atoms with Gasteiger partial charge < -0.3 is 4.90 Å². The highest BCUT2D eigenvalue weighted by atomic mass is 19.3. The van der Waals surface area contributed by atoms with E-state index in [-0.39, 0.29) is 0 Å². The van der Waals surface area contributed by atoms with Gasteiger partial charge in [0.05, 0.1) is 11.2 Å². The van der Waals surface area contributed by atoms with Crippen molar-refractivity contribution >= 4 is 10.9 Å². The average Bonchev–Trinajstić information content (AvgIpc) is 2.90. The van der Waals surface area contributed by atoms with Gasteiger partial charge in [-0.15, -0.1) is 0 Å². The van der Waals surface area contributed by atoms with Crippen LogP contribution < -0.4 is 0 Å². The van der Waals surface area contributed by atoms with E-state index in [1.165, 1.54) is 6.07 Å². The lowest BCUT2D eigenvalue weighted by Crippen LogP contribution is -2.27. The third kappa shape index (κ3) is 2.61. The SMILES string of the molecule is Cc1ncc(-c2ccc3c4c(n(C(F)F)c3c2)CCN(C)C4)cc1F. The Morgan fingerprint density at radius 1 is 1.16 bits per heavy atom. The van der Waals surface area contributed by atoms with Gasteiger partial charge in [0, 0.05) is 42.4 Å². The molecule has 3 aromatic rings. The Bertz CT molecular complexity index is 962. The van der Waals surface area contributed by atoms with E-state index in [9.17, 15) is 13.2 Å². The van der Waals surface area contributed by atoms with Gasteiger partial charge in [0.1, 0.15) is 5.82 Å². The van der Waals surface area contributed by atoms with Crippen LogP contribution in [0, 0.1) is 12.7 Å². The summed E-state index contributed by atoms with van der Waals surface area (Å²) in [5.74, 6) is -0.400. The lowest BCUT2D eigenvalue weighted by Gasteiger charge is -2.24. The molecule has 0 saturated heterocycles.